The van der Waals surface area contributed by atoms with E-state index in [1.54, 1.807) is 61.3 Å². The summed E-state index contributed by atoms with van der Waals surface area (Å²) in [6, 6.07) is 18.0. The number of aromatic nitrogens is 2. The fourth-order valence-electron chi connectivity index (χ4n) is 3.21. The number of rotatable bonds is 6. The Bertz CT molecular complexity index is 1300. The van der Waals surface area contributed by atoms with Gasteiger partial charge in [-0.2, -0.15) is 0 Å². The first-order valence-electron chi connectivity index (χ1n) is 9.33. The van der Waals surface area contributed by atoms with Gasteiger partial charge in [-0.05, 0) is 42.0 Å². The fourth-order valence-corrected chi connectivity index (χ4v) is 4.96. The topological polar surface area (TPSA) is 53.4 Å². The Kier molecular flexibility index (Phi) is 6.41. The highest BCUT2D eigenvalue weighted by Crippen LogP contribution is 2.33. The predicted octanol–water partition coefficient (Wildman–Crippen LogP) is 6.00. The van der Waals surface area contributed by atoms with Crippen LogP contribution in [-0.4, -0.2) is 23.8 Å². The maximum atomic E-state index is 13.4. The van der Waals surface area contributed by atoms with Gasteiger partial charge in [0.15, 0.2) is 16.7 Å². The normalized spacial score (nSPS) is 11.0. The van der Waals surface area contributed by atoms with Crippen molar-refractivity contribution in [3.05, 3.63) is 86.6 Å². The SMILES string of the molecule is COc1ccc(-n2c(SCc3c(Cl)cccc3Cl)nc3ccccc3c2=O)cc1OC. The molecule has 4 aromatic rings. The minimum absolute atomic E-state index is 0.175. The van der Waals surface area contributed by atoms with Gasteiger partial charge in [0, 0.05) is 21.9 Å². The lowest BCUT2D eigenvalue weighted by Gasteiger charge is -2.16. The van der Waals surface area contributed by atoms with E-state index in [2.05, 4.69) is 0 Å². The first-order chi connectivity index (χ1) is 15.0. The molecule has 0 radical (unpaired) electrons. The maximum Gasteiger partial charge on any atom is 0.266 e. The van der Waals surface area contributed by atoms with Crippen LogP contribution in [0.2, 0.25) is 10.0 Å². The quantitative estimate of drug-likeness (QED) is 0.254. The summed E-state index contributed by atoms with van der Waals surface area (Å²) in [5.41, 5.74) is 1.85. The minimum Gasteiger partial charge on any atom is -0.493 e. The van der Waals surface area contributed by atoms with E-state index in [1.807, 2.05) is 18.2 Å². The molecule has 0 amide bonds. The highest BCUT2D eigenvalue weighted by molar-refractivity contribution is 7.98. The summed E-state index contributed by atoms with van der Waals surface area (Å²) in [5, 5.41) is 2.19. The van der Waals surface area contributed by atoms with Crippen LogP contribution in [0.4, 0.5) is 0 Å². The van der Waals surface area contributed by atoms with Gasteiger partial charge < -0.3 is 9.47 Å². The molecule has 0 bridgehead atoms. The molecule has 0 aliphatic rings. The Morgan fingerprint density at radius 2 is 1.65 bits per heavy atom. The number of fused-ring (bicyclic) bond motifs is 1. The summed E-state index contributed by atoms with van der Waals surface area (Å²) in [6.07, 6.45) is 0. The fraction of sp³-hybridized carbons (Fsp3) is 0.130. The van der Waals surface area contributed by atoms with Crippen molar-refractivity contribution in [1.29, 1.82) is 0 Å². The molecule has 158 valence electrons. The van der Waals surface area contributed by atoms with E-state index in [0.29, 0.717) is 49.0 Å². The number of nitrogens with zero attached hydrogens (tertiary/aromatic N) is 2. The summed E-state index contributed by atoms with van der Waals surface area (Å²) in [6.45, 7) is 0. The van der Waals surface area contributed by atoms with Gasteiger partial charge in [-0.1, -0.05) is 53.2 Å². The molecule has 0 fully saturated rings. The zero-order valence-electron chi connectivity index (χ0n) is 16.8. The summed E-state index contributed by atoms with van der Waals surface area (Å²) < 4.78 is 12.3. The van der Waals surface area contributed by atoms with Crippen LogP contribution in [0.3, 0.4) is 0 Å². The highest BCUT2D eigenvalue weighted by atomic mass is 35.5. The van der Waals surface area contributed by atoms with Gasteiger partial charge in [-0.25, -0.2) is 4.98 Å². The Balaban J connectivity index is 1.87. The lowest BCUT2D eigenvalue weighted by molar-refractivity contribution is 0.354. The lowest BCUT2D eigenvalue weighted by Crippen LogP contribution is -2.21. The van der Waals surface area contributed by atoms with Crippen molar-refractivity contribution in [2.75, 3.05) is 14.2 Å². The molecular weight excluding hydrogens is 455 g/mol. The van der Waals surface area contributed by atoms with Gasteiger partial charge >= 0.3 is 0 Å². The second-order valence-electron chi connectivity index (χ2n) is 6.58. The number of methoxy groups -OCH3 is 2. The number of ether oxygens (including phenoxy) is 2. The van der Waals surface area contributed by atoms with Gasteiger partial charge in [-0.3, -0.25) is 9.36 Å². The molecule has 31 heavy (non-hydrogen) atoms. The van der Waals surface area contributed by atoms with Crippen LogP contribution in [0.5, 0.6) is 11.5 Å². The predicted molar refractivity (Wildman–Crippen MR) is 126 cm³/mol. The Morgan fingerprint density at radius 1 is 0.935 bits per heavy atom. The Hall–Kier alpha value is -2.67. The van der Waals surface area contributed by atoms with Crippen molar-refractivity contribution < 1.29 is 9.47 Å². The zero-order valence-corrected chi connectivity index (χ0v) is 19.1. The molecule has 4 rings (SSSR count). The van der Waals surface area contributed by atoms with Crippen LogP contribution in [0, 0.1) is 0 Å². The van der Waals surface area contributed by atoms with E-state index in [1.165, 1.54) is 11.8 Å². The molecule has 0 unspecified atom stereocenters. The maximum absolute atomic E-state index is 13.4. The molecule has 5 nitrogen and oxygen atoms in total. The molecule has 0 aliphatic heterocycles. The summed E-state index contributed by atoms with van der Waals surface area (Å²) >= 11 is 14.1. The van der Waals surface area contributed by atoms with E-state index in [9.17, 15) is 4.79 Å². The average Bonchev–Trinajstić information content (AvgIpc) is 2.78. The second-order valence-corrected chi connectivity index (χ2v) is 8.34. The average molecular weight is 473 g/mol. The third kappa shape index (κ3) is 4.24. The van der Waals surface area contributed by atoms with Crippen molar-refractivity contribution in [2.24, 2.45) is 0 Å². The molecule has 3 aromatic carbocycles. The number of benzene rings is 3. The standard InChI is InChI=1S/C23H18Cl2N2O3S/c1-29-20-11-10-14(12-21(20)30-2)27-22(28)15-6-3-4-9-19(15)26-23(27)31-13-16-17(24)7-5-8-18(16)25/h3-12H,13H2,1-2H3. The van der Waals surface area contributed by atoms with Crippen LogP contribution in [0.1, 0.15) is 5.56 Å². The molecule has 8 heteroatoms. The zero-order chi connectivity index (χ0) is 22.0. The van der Waals surface area contributed by atoms with Gasteiger partial charge in [-0.15, -0.1) is 0 Å². The van der Waals surface area contributed by atoms with E-state index in [0.717, 1.165) is 5.56 Å². The van der Waals surface area contributed by atoms with Gasteiger partial charge in [0.25, 0.3) is 5.56 Å². The van der Waals surface area contributed by atoms with Crippen molar-refractivity contribution in [1.82, 2.24) is 9.55 Å². The first-order valence-corrected chi connectivity index (χ1v) is 11.1. The van der Waals surface area contributed by atoms with Crippen molar-refractivity contribution >= 4 is 45.9 Å². The number of hydrogen-bond donors (Lipinski definition) is 0. The molecule has 0 aliphatic carbocycles. The molecule has 0 saturated heterocycles. The van der Waals surface area contributed by atoms with E-state index < -0.39 is 0 Å². The van der Waals surface area contributed by atoms with Crippen molar-refractivity contribution in [3.8, 4) is 17.2 Å². The van der Waals surface area contributed by atoms with E-state index in [-0.39, 0.29) is 5.56 Å². The Morgan fingerprint density at radius 3 is 2.35 bits per heavy atom. The molecule has 1 heterocycles. The van der Waals surface area contributed by atoms with Gasteiger partial charge in [0.1, 0.15) is 0 Å². The molecule has 0 atom stereocenters. The van der Waals surface area contributed by atoms with Crippen molar-refractivity contribution in [2.45, 2.75) is 10.9 Å². The highest BCUT2D eigenvalue weighted by Gasteiger charge is 2.16. The third-order valence-corrected chi connectivity index (χ3v) is 6.45. The minimum atomic E-state index is -0.175. The summed E-state index contributed by atoms with van der Waals surface area (Å²) in [7, 11) is 3.12. The van der Waals surface area contributed by atoms with Crippen LogP contribution in [0.15, 0.2) is 70.6 Å². The van der Waals surface area contributed by atoms with Gasteiger partial charge in [0.2, 0.25) is 0 Å². The number of hydrogen-bond acceptors (Lipinski definition) is 5. The van der Waals surface area contributed by atoms with E-state index >= 15 is 0 Å². The van der Waals surface area contributed by atoms with Crippen molar-refractivity contribution in [3.63, 3.8) is 0 Å². The largest absolute Gasteiger partial charge is 0.493 e. The van der Waals surface area contributed by atoms with Gasteiger partial charge in [0.05, 0.1) is 30.8 Å². The molecule has 1 aromatic heterocycles. The monoisotopic (exact) mass is 472 g/mol. The molecular formula is C23H18Cl2N2O3S. The van der Waals surface area contributed by atoms with Crippen LogP contribution in [0.25, 0.3) is 16.6 Å². The summed E-state index contributed by atoms with van der Waals surface area (Å²) in [5.74, 6) is 1.55. The van der Waals surface area contributed by atoms with Crippen LogP contribution in [-0.2, 0) is 5.75 Å². The molecule has 0 spiro atoms. The molecule has 0 saturated carbocycles. The van der Waals surface area contributed by atoms with E-state index in [4.69, 9.17) is 37.7 Å². The molecule has 0 N–H and O–H groups in total. The second kappa shape index (κ2) is 9.22. The number of para-hydroxylation sites is 1. The number of halogens is 2. The first kappa shape index (κ1) is 21.6. The Labute approximate surface area is 193 Å². The summed E-state index contributed by atoms with van der Waals surface area (Å²) in [4.78, 5) is 18.2. The smallest absolute Gasteiger partial charge is 0.266 e. The van der Waals surface area contributed by atoms with Crippen LogP contribution < -0.4 is 15.0 Å². The number of thioether (sulfide) groups is 1. The third-order valence-electron chi connectivity index (χ3n) is 4.78. The van der Waals surface area contributed by atoms with Crippen LogP contribution >= 0.6 is 35.0 Å². The lowest BCUT2D eigenvalue weighted by atomic mass is 10.2.